The second-order valence-corrected chi connectivity index (χ2v) is 4.83. The van der Waals surface area contributed by atoms with Crippen molar-refractivity contribution in [1.29, 1.82) is 0 Å². The zero-order valence-electron chi connectivity index (χ0n) is 10.3. The minimum Gasteiger partial charge on any atom is -0.493 e. The second-order valence-electron chi connectivity index (χ2n) is 3.67. The van der Waals surface area contributed by atoms with Gasteiger partial charge in [-0.25, -0.2) is 0 Å². The van der Waals surface area contributed by atoms with Crippen molar-refractivity contribution < 1.29 is 9.47 Å². The molecule has 0 saturated heterocycles. The topological polar surface area (TPSA) is 18.5 Å². The van der Waals surface area contributed by atoms with E-state index in [1.165, 1.54) is 5.19 Å². The lowest BCUT2D eigenvalue weighted by Crippen LogP contribution is -2.05. The van der Waals surface area contributed by atoms with Gasteiger partial charge >= 0.3 is 0 Å². The fraction of sp³-hybridized carbons (Fsp3) is 0.385. The maximum atomic E-state index is 5.67. The quantitative estimate of drug-likeness (QED) is 0.422. The molecule has 0 radical (unpaired) electrons. The van der Waals surface area contributed by atoms with Gasteiger partial charge < -0.3 is 9.47 Å². The third-order valence-electron chi connectivity index (χ3n) is 2.26. The van der Waals surface area contributed by atoms with Crippen LogP contribution in [0.1, 0.15) is 19.8 Å². The molecule has 0 aliphatic rings. The van der Waals surface area contributed by atoms with Gasteiger partial charge in [-0.2, -0.15) is 0 Å². The second kappa shape index (κ2) is 7.12. The summed E-state index contributed by atoms with van der Waals surface area (Å²) in [4.78, 5) is 0. The lowest BCUT2D eigenvalue weighted by atomic mass is 10.3. The SMILES string of the molecule is CC/C=C\CCOc1ccc([SiH3])cc1OC. The van der Waals surface area contributed by atoms with Crippen LogP contribution in [0.15, 0.2) is 30.4 Å². The molecular formula is C13H20O2Si. The minimum atomic E-state index is 0.702. The molecule has 1 rings (SSSR count). The number of rotatable bonds is 6. The molecule has 0 unspecified atom stereocenters. The third-order valence-corrected chi connectivity index (χ3v) is 2.89. The Hall–Kier alpha value is -1.22. The smallest absolute Gasteiger partial charge is 0.161 e. The number of ether oxygens (including phenoxy) is 2. The fourth-order valence-corrected chi connectivity index (χ4v) is 1.84. The molecule has 0 aliphatic carbocycles. The van der Waals surface area contributed by atoms with Crippen LogP contribution in [-0.4, -0.2) is 24.0 Å². The van der Waals surface area contributed by atoms with E-state index in [1.807, 2.05) is 12.1 Å². The predicted molar refractivity (Wildman–Crippen MR) is 72.1 cm³/mol. The number of hydrogen-bond acceptors (Lipinski definition) is 2. The van der Waals surface area contributed by atoms with E-state index in [0.29, 0.717) is 6.61 Å². The Bertz CT molecular complexity index is 348. The van der Waals surface area contributed by atoms with Gasteiger partial charge in [0.1, 0.15) is 0 Å². The van der Waals surface area contributed by atoms with Crippen molar-refractivity contribution in [3.63, 3.8) is 0 Å². The summed E-state index contributed by atoms with van der Waals surface area (Å²) < 4.78 is 11.0. The summed E-state index contributed by atoms with van der Waals surface area (Å²) in [5.41, 5.74) is 0. The van der Waals surface area contributed by atoms with Crippen molar-refractivity contribution in [1.82, 2.24) is 0 Å². The first-order valence-electron chi connectivity index (χ1n) is 5.70. The molecule has 88 valence electrons. The van der Waals surface area contributed by atoms with Crippen LogP contribution in [0.5, 0.6) is 11.5 Å². The van der Waals surface area contributed by atoms with Gasteiger partial charge in [-0.1, -0.05) is 30.3 Å². The molecule has 0 spiro atoms. The lowest BCUT2D eigenvalue weighted by molar-refractivity contribution is 0.300. The van der Waals surface area contributed by atoms with Crippen LogP contribution in [0.25, 0.3) is 0 Å². The normalized spacial score (nSPS) is 10.9. The first-order chi connectivity index (χ1) is 7.77. The van der Waals surface area contributed by atoms with E-state index in [2.05, 4.69) is 25.1 Å². The van der Waals surface area contributed by atoms with Gasteiger partial charge in [0.15, 0.2) is 11.5 Å². The van der Waals surface area contributed by atoms with Crippen LogP contribution in [0, 0.1) is 0 Å². The highest BCUT2D eigenvalue weighted by Crippen LogP contribution is 2.24. The number of hydrogen-bond donors (Lipinski definition) is 0. The Morgan fingerprint density at radius 2 is 2.06 bits per heavy atom. The van der Waals surface area contributed by atoms with Crippen molar-refractivity contribution in [2.75, 3.05) is 13.7 Å². The summed E-state index contributed by atoms with van der Waals surface area (Å²) >= 11 is 0. The highest BCUT2D eigenvalue weighted by Gasteiger charge is 2.02. The van der Waals surface area contributed by atoms with Crippen LogP contribution in [-0.2, 0) is 0 Å². The third kappa shape index (κ3) is 4.11. The van der Waals surface area contributed by atoms with E-state index in [1.54, 1.807) is 7.11 Å². The molecule has 2 nitrogen and oxygen atoms in total. The van der Waals surface area contributed by atoms with E-state index in [-0.39, 0.29) is 0 Å². The first-order valence-corrected chi connectivity index (χ1v) is 6.70. The molecular weight excluding hydrogens is 216 g/mol. The van der Waals surface area contributed by atoms with Crippen molar-refractivity contribution in [2.24, 2.45) is 0 Å². The maximum absolute atomic E-state index is 5.67. The molecule has 0 aromatic heterocycles. The molecule has 0 bridgehead atoms. The van der Waals surface area contributed by atoms with Crippen molar-refractivity contribution in [3.05, 3.63) is 30.4 Å². The van der Waals surface area contributed by atoms with Crippen LogP contribution in [0.3, 0.4) is 0 Å². The fourth-order valence-electron chi connectivity index (χ4n) is 1.42. The molecule has 0 amide bonds. The van der Waals surface area contributed by atoms with E-state index in [9.17, 15) is 0 Å². The summed E-state index contributed by atoms with van der Waals surface area (Å²) in [6, 6.07) is 6.13. The minimum absolute atomic E-state index is 0.702. The lowest BCUT2D eigenvalue weighted by Gasteiger charge is -2.10. The highest BCUT2D eigenvalue weighted by molar-refractivity contribution is 6.32. The molecule has 0 N–H and O–H groups in total. The van der Waals surface area contributed by atoms with E-state index in [0.717, 1.165) is 34.6 Å². The monoisotopic (exact) mass is 236 g/mol. The zero-order chi connectivity index (χ0) is 11.8. The maximum Gasteiger partial charge on any atom is 0.161 e. The summed E-state index contributed by atoms with van der Waals surface area (Å²) in [6.07, 6.45) is 6.33. The van der Waals surface area contributed by atoms with Crippen LogP contribution in [0.2, 0.25) is 0 Å². The van der Waals surface area contributed by atoms with Gasteiger partial charge in [-0.05, 0) is 25.0 Å². The summed E-state index contributed by atoms with van der Waals surface area (Å²) in [5.74, 6) is 1.68. The zero-order valence-corrected chi connectivity index (χ0v) is 12.3. The molecule has 1 aromatic carbocycles. The molecule has 0 aliphatic heterocycles. The van der Waals surface area contributed by atoms with Crippen molar-refractivity contribution >= 4 is 15.4 Å². The van der Waals surface area contributed by atoms with E-state index < -0.39 is 0 Å². The molecule has 1 aromatic rings. The average Bonchev–Trinajstić information content (AvgIpc) is 2.30. The summed E-state index contributed by atoms with van der Waals surface area (Å²) in [6.45, 7) is 2.83. The highest BCUT2D eigenvalue weighted by atomic mass is 28.1. The van der Waals surface area contributed by atoms with Gasteiger partial charge in [0.25, 0.3) is 0 Å². The first kappa shape index (κ1) is 12.8. The Morgan fingerprint density at radius 3 is 2.75 bits per heavy atom. The van der Waals surface area contributed by atoms with Gasteiger partial charge in [0.05, 0.1) is 13.7 Å². The molecule has 0 heterocycles. The van der Waals surface area contributed by atoms with E-state index >= 15 is 0 Å². The molecule has 0 fully saturated rings. The van der Waals surface area contributed by atoms with Gasteiger partial charge in [-0.3, -0.25) is 0 Å². The largest absolute Gasteiger partial charge is 0.493 e. The van der Waals surface area contributed by atoms with Crippen LogP contribution < -0.4 is 14.7 Å². The predicted octanol–water partition coefficient (Wildman–Crippen LogP) is 1.42. The van der Waals surface area contributed by atoms with Gasteiger partial charge in [-0.15, -0.1) is 0 Å². The Morgan fingerprint density at radius 1 is 1.25 bits per heavy atom. The molecule has 16 heavy (non-hydrogen) atoms. The van der Waals surface area contributed by atoms with Gasteiger partial charge in [0, 0.05) is 10.2 Å². The number of methoxy groups -OCH3 is 1. The van der Waals surface area contributed by atoms with Crippen molar-refractivity contribution in [2.45, 2.75) is 19.8 Å². The van der Waals surface area contributed by atoms with E-state index in [4.69, 9.17) is 9.47 Å². The van der Waals surface area contributed by atoms with Gasteiger partial charge in [0.2, 0.25) is 0 Å². The average molecular weight is 236 g/mol. The Kier molecular flexibility index (Phi) is 5.71. The van der Waals surface area contributed by atoms with Crippen molar-refractivity contribution in [3.8, 4) is 11.5 Å². The Balaban J connectivity index is 2.50. The number of benzene rings is 1. The molecule has 0 atom stereocenters. The van der Waals surface area contributed by atoms with Crippen LogP contribution in [0.4, 0.5) is 0 Å². The Labute approximate surface area is 101 Å². The standard InChI is InChI=1S/C13H20O2Si/c1-3-4-5-6-9-15-12-8-7-11(16)10-13(12)14-2/h4-5,7-8,10H,3,6,9H2,1-2,16H3/b5-4-. The molecule has 0 saturated carbocycles. The van der Waals surface area contributed by atoms with Crippen LogP contribution >= 0.6 is 0 Å². The number of allylic oxidation sites excluding steroid dienone is 1. The summed E-state index contributed by atoms with van der Waals surface area (Å²) in [7, 11) is 2.72. The summed E-state index contributed by atoms with van der Waals surface area (Å²) in [5, 5.41) is 1.31. The molecule has 3 heteroatoms.